The minimum atomic E-state index is -0.153. The fraction of sp³-hybridized carbons (Fsp3) is 0.562. The number of carbonyl (C=O) groups is 1. The minimum absolute atomic E-state index is 0.153. The summed E-state index contributed by atoms with van der Waals surface area (Å²) in [7, 11) is 0. The number of rotatable bonds is 4. The highest BCUT2D eigenvalue weighted by Crippen LogP contribution is 2.31. The summed E-state index contributed by atoms with van der Waals surface area (Å²) in [6, 6.07) is 5.62. The van der Waals surface area contributed by atoms with Crippen molar-refractivity contribution in [2.75, 3.05) is 13.1 Å². The van der Waals surface area contributed by atoms with Crippen LogP contribution in [0.2, 0.25) is 0 Å². The van der Waals surface area contributed by atoms with Crippen molar-refractivity contribution in [2.24, 2.45) is 0 Å². The molecule has 0 saturated carbocycles. The fourth-order valence-electron chi connectivity index (χ4n) is 3.38. The van der Waals surface area contributed by atoms with E-state index in [9.17, 15) is 9.18 Å². The molecule has 20 heavy (non-hydrogen) atoms. The van der Waals surface area contributed by atoms with Gasteiger partial charge in [0, 0.05) is 31.6 Å². The maximum absolute atomic E-state index is 13.2. The first kappa shape index (κ1) is 13.6. The van der Waals surface area contributed by atoms with Gasteiger partial charge in [-0.05, 0) is 49.4 Å². The normalized spacial score (nSPS) is 23.2. The second-order valence-corrected chi connectivity index (χ2v) is 5.95. The number of carbonyl (C=O) groups excluding carboxylic acids is 1. The molecule has 2 atom stereocenters. The molecule has 0 spiro atoms. The number of halogens is 1. The molecule has 1 aliphatic heterocycles. The summed E-state index contributed by atoms with van der Waals surface area (Å²) in [6.07, 6.45) is 3.62. The largest absolute Gasteiger partial charge is 0.341 e. The van der Waals surface area contributed by atoms with E-state index in [1.807, 2.05) is 11.0 Å². The monoisotopic (exact) mass is 276 g/mol. The highest BCUT2D eigenvalue weighted by Gasteiger charge is 2.26. The predicted octanol–water partition coefficient (Wildman–Crippen LogP) is 2.41. The van der Waals surface area contributed by atoms with Crippen LogP contribution in [0.25, 0.3) is 0 Å². The SMILES string of the molecule is CC(CN1CCCC1=O)NC1CCc2cc(F)ccc21. The first-order valence-electron chi connectivity index (χ1n) is 7.45. The molecule has 1 heterocycles. The van der Waals surface area contributed by atoms with Crippen molar-refractivity contribution in [3.05, 3.63) is 35.1 Å². The zero-order valence-electron chi connectivity index (χ0n) is 11.9. The first-order valence-corrected chi connectivity index (χ1v) is 7.45. The molecule has 4 heteroatoms. The van der Waals surface area contributed by atoms with Crippen LogP contribution in [0, 0.1) is 5.82 Å². The van der Waals surface area contributed by atoms with E-state index >= 15 is 0 Å². The molecule has 1 aliphatic carbocycles. The van der Waals surface area contributed by atoms with Crippen LogP contribution in [-0.4, -0.2) is 29.9 Å². The topological polar surface area (TPSA) is 32.3 Å². The highest BCUT2D eigenvalue weighted by molar-refractivity contribution is 5.78. The summed E-state index contributed by atoms with van der Waals surface area (Å²) < 4.78 is 13.2. The molecule has 108 valence electrons. The van der Waals surface area contributed by atoms with E-state index in [1.165, 1.54) is 11.6 Å². The van der Waals surface area contributed by atoms with Gasteiger partial charge in [0.2, 0.25) is 5.91 Å². The van der Waals surface area contributed by atoms with Crippen LogP contribution in [0.5, 0.6) is 0 Å². The molecule has 1 fully saturated rings. The van der Waals surface area contributed by atoms with Crippen molar-refractivity contribution in [2.45, 2.75) is 44.7 Å². The van der Waals surface area contributed by atoms with E-state index in [0.717, 1.165) is 37.9 Å². The Morgan fingerprint density at radius 3 is 3.05 bits per heavy atom. The van der Waals surface area contributed by atoms with Gasteiger partial charge < -0.3 is 10.2 Å². The summed E-state index contributed by atoms with van der Waals surface area (Å²) in [5.74, 6) is 0.118. The van der Waals surface area contributed by atoms with Crippen molar-refractivity contribution in [3.63, 3.8) is 0 Å². The van der Waals surface area contributed by atoms with Gasteiger partial charge in [0.15, 0.2) is 0 Å². The predicted molar refractivity (Wildman–Crippen MR) is 75.9 cm³/mol. The first-order chi connectivity index (χ1) is 9.63. The van der Waals surface area contributed by atoms with Gasteiger partial charge in [-0.25, -0.2) is 4.39 Å². The molecule has 3 rings (SSSR count). The van der Waals surface area contributed by atoms with Crippen molar-refractivity contribution in [1.82, 2.24) is 10.2 Å². The molecule has 1 N–H and O–H groups in total. The van der Waals surface area contributed by atoms with E-state index in [-0.39, 0.29) is 17.8 Å². The lowest BCUT2D eigenvalue weighted by molar-refractivity contribution is -0.127. The van der Waals surface area contributed by atoms with Crippen LogP contribution in [0.15, 0.2) is 18.2 Å². The summed E-state index contributed by atoms with van der Waals surface area (Å²) >= 11 is 0. The summed E-state index contributed by atoms with van der Waals surface area (Å²) in [6.45, 7) is 3.77. The van der Waals surface area contributed by atoms with E-state index in [1.54, 1.807) is 6.07 Å². The third-order valence-corrected chi connectivity index (χ3v) is 4.33. The van der Waals surface area contributed by atoms with Gasteiger partial charge in [-0.15, -0.1) is 0 Å². The van der Waals surface area contributed by atoms with Gasteiger partial charge >= 0.3 is 0 Å². The zero-order valence-corrected chi connectivity index (χ0v) is 11.9. The minimum Gasteiger partial charge on any atom is -0.341 e. The summed E-state index contributed by atoms with van der Waals surface area (Å²) in [4.78, 5) is 13.6. The Morgan fingerprint density at radius 2 is 2.30 bits per heavy atom. The summed E-state index contributed by atoms with van der Waals surface area (Å²) in [5, 5.41) is 3.59. The Balaban J connectivity index is 1.60. The number of hydrogen-bond acceptors (Lipinski definition) is 2. The number of aryl methyl sites for hydroxylation is 1. The van der Waals surface area contributed by atoms with Crippen LogP contribution >= 0.6 is 0 Å². The molecule has 1 amide bonds. The number of amides is 1. The van der Waals surface area contributed by atoms with Gasteiger partial charge in [-0.1, -0.05) is 6.07 Å². The second kappa shape index (κ2) is 5.52. The Morgan fingerprint density at radius 1 is 1.45 bits per heavy atom. The molecule has 1 aromatic rings. The smallest absolute Gasteiger partial charge is 0.222 e. The van der Waals surface area contributed by atoms with Crippen molar-refractivity contribution in [3.8, 4) is 0 Å². The van der Waals surface area contributed by atoms with Gasteiger partial charge in [0.25, 0.3) is 0 Å². The molecule has 0 radical (unpaired) electrons. The van der Waals surface area contributed by atoms with Gasteiger partial charge in [0.05, 0.1) is 0 Å². The third kappa shape index (κ3) is 2.70. The van der Waals surface area contributed by atoms with E-state index in [2.05, 4.69) is 12.2 Å². The van der Waals surface area contributed by atoms with E-state index < -0.39 is 0 Å². The number of benzene rings is 1. The molecule has 0 aromatic heterocycles. The second-order valence-electron chi connectivity index (χ2n) is 5.95. The van der Waals surface area contributed by atoms with Crippen LogP contribution < -0.4 is 5.32 Å². The Kier molecular flexibility index (Phi) is 3.74. The Bertz CT molecular complexity index is 517. The van der Waals surface area contributed by atoms with Crippen LogP contribution in [0.4, 0.5) is 4.39 Å². The van der Waals surface area contributed by atoms with Crippen molar-refractivity contribution < 1.29 is 9.18 Å². The molecule has 2 aliphatic rings. The van der Waals surface area contributed by atoms with Crippen LogP contribution in [0.3, 0.4) is 0 Å². The lowest BCUT2D eigenvalue weighted by atomic mass is 10.1. The molecule has 1 saturated heterocycles. The maximum Gasteiger partial charge on any atom is 0.222 e. The summed E-state index contributed by atoms with van der Waals surface area (Å²) in [5.41, 5.74) is 2.33. The number of hydrogen-bond donors (Lipinski definition) is 1. The molecule has 3 nitrogen and oxygen atoms in total. The number of nitrogens with one attached hydrogen (secondary N) is 1. The molecular weight excluding hydrogens is 255 g/mol. The van der Waals surface area contributed by atoms with Crippen LogP contribution in [0.1, 0.15) is 43.4 Å². The fourth-order valence-corrected chi connectivity index (χ4v) is 3.38. The standard InChI is InChI=1S/C16H21FN2O/c1-11(10-19-8-2-3-16(19)20)18-15-7-4-12-9-13(17)5-6-14(12)15/h5-6,9,11,15,18H,2-4,7-8,10H2,1H3. The van der Waals surface area contributed by atoms with Gasteiger partial charge in [0.1, 0.15) is 5.82 Å². The highest BCUT2D eigenvalue weighted by atomic mass is 19.1. The zero-order chi connectivity index (χ0) is 14.1. The quantitative estimate of drug-likeness (QED) is 0.916. The van der Waals surface area contributed by atoms with Crippen LogP contribution in [-0.2, 0) is 11.2 Å². The Labute approximate surface area is 119 Å². The van der Waals surface area contributed by atoms with Crippen molar-refractivity contribution >= 4 is 5.91 Å². The molecule has 1 aromatic carbocycles. The average molecular weight is 276 g/mol. The van der Waals surface area contributed by atoms with E-state index in [0.29, 0.717) is 12.5 Å². The number of fused-ring (bicyclic) bond motifs is 1. The third-order valence-electron chi connectivity index (χ3n) is 4.33. The number of likely N-dealkylation sites (tertiary alicyclic amines) is 1. The lowest BCUT2D eigenvalue weighted by Gasteiger charge is -2.25. The average Bonchev–Trinajstić information content (AvgIpc) is 2.97. The lowest BCUT2D eigenvalue weighted by Crippen LogP contribution is -2.40. The number of nitrogens with zero attached hydrogens (tertiary/aromatic N) is 1. The molecule has 0 bridgehead atoms. The maximum atomic E-state index is 13.2. The molecular formula is C16H21FN2O. The van der Waals surface area contributed by atoms with E-state index in [4.69, 9.17) is 0 Å². The molecule has 2 unspecified atom stereocenters. The van der Waals surface area contributed by atoms with Gasteiger partial charge in [-0.2, -0.15) is 0 Å². The Hall–Kier alpha value is -1.42. The van der Waals surface area contributed by atoms with Gasteiger partial charge in [-0.3, -0.25) is 4.79 Å². The van der Waals surface area contributed by atoms with Crippen molar-refractivity contribution in [1.29, 1.82) is 0 Å².